The molecule has 3 aliphatic heterocycles. The van der Waals surface area contributed by atoms with Crippen LogP contribution in [0.3, 0.4) is 0 Å². The van der Waals surface area contributed by atoms with Gasteiger partial charge in [0.25, 0.3) is 0 Å². The van der Waals surface area contributed by atoms with Gasteiger partial charge in [0.2, 0.25) is 5.91 Å². The van der Waals surface area contributed by atoms with Crippen molar-refractivity contribution in [3.05, 3.63) is 35.6 Å². The Balaban J connectivity index is 0.00000156. The molecule has 1 aromatic carbocycles. The second kappa shape index (κ2) is 6.73. The Labute approximate surface area is 141 Å². The van der Waals surface area contributed by atoms with E-state index < -0.39 is 0 Å². The molecule has 0 aliphatic carbocycles. The van der Waals surface area contributed by atoms with Gasteiger partial charge in [-0.1, -0.05) is 18.2 Å². The van der Waals surface area contributed by atoms with E-state index in [0.717, 1.165) is 26.2 Å². The van der Waals surface area contributed by atoms with Crippen LogP contribution in [0.1, 0.15) is 11.6 Å². The highest BCUT2D eigenvalue weighted by Crippen LogP contribution is 2.32. The second-order valence-electron chi connectivity index (χ2n) is 6.55. The molecular weight excluding hydrogens is 319 g/mol. The maximum absolute atomic E-state index is 14.0. The molecule has 0 bridgehead atoms. The fourth-order valence-electron chi connectivity index (χ4n) is 4.02. The zero-order valence-electron chi connectivity index (χ0n) is 12.8. The standard InChI is InChI=1S/C16H21FN4O.ClH/c17-14-4-2-1-3-12(14)15-13(7-19-20-15)16(22)21-8-10-5-18-6-11(10)9-21;/h1-4,10-11,13,15,18-20H,5-9H2;1H/t10-,11+,13?,15?;. The van der Waals surface area contributed by atoms with Crippen molar-refractivity contribution in [3.63, 3.8) is 0 Å². The third-order valence-corrected chi connectivity index (χ3v) is 5.24. The van der Waals surface area contributed by atoms with Gasteiger partial charge in [0, 0.05) is 38.3 Å². The molecule has 7 heteroatoms. The smallest absolute Gasteiger partial charge is 0.229 e. The van der Waals surface area contributed by atoms with E-state index in [-0.39, 0.29) is 36.1 Å². The molecule has 0 aromatic heterocycles. The number of carbonyl (C=O) groups is 1. The Morgan fingerprint density at radius 2 is 1.83 bits per heavy atom. The van der Waals surface area contributed by atoms with Gasteiger partial charge in [-0.15, -0.1) is 12.4 Å². The molecule has 126 valence electrons. The number of hydrazine groups is 1. The summed E-state index contributed by atoms with van der Waals surface area (Å²) in [5, 5.41) is 3.38. The number of fused-ring (bicyclic) bond motifs is 1. The Kier molecular flexibility index (Phi) is 4.87. The molecule has 5 nitrogen and oxygen atoms in total. The fourth-order valence-corrected chi connectivity index (χ4v) is 4.02. The van der Waals surface area contributed by atoms with E-state index in [1.54, 1.807) is 12.1 Å². The number of halogens is 2. The summed E-state index contributed by atoms with van der Waals surface area (Å²) in [4.78, 5) is 14.9. The lowest BCUT2D eigenvalue weighted by Gasteiger charge is -2.25. The van der Waals surface area contributed by atoms with Crippen LogP contribution in [-0.4, -0.2) is 43.5 Å². The minimum absolute atomic E-state index is 0. The number of hydrogen-bond acceptors (Lipinski definition) is 4. The molecule has 4 rings (SSSR count). The minimum Gasteiger partial charge on any atom is -0.342 e. The fraction of sp³-hybridized carbons (Fsp3) is 0.562. The van der Waals surface area contributed by atoms with Crippen molar-refractivity contribution in [3.8, 4) is 0 Å². The van der Waals surface area contributed by atoms with E-state index in [4.69, 9.17) is 0 Å². The number of hydrogen-bond donors (Lipinski definition) is 3. The van der Waals surface area contributed by atoms with Crippen LogP contribution >= 0.6 is 12.4 Å². The summed E-state index contributed by atoms with van der Waals surface area (Å²) in [7, 11) is 0. The molecule has 4 atom stereocenters. The topological polar surface area (TPSA) is 56.4 Å². The first-order valence-corrected chi connectivity index (χ1v) is 7.96. The summed E-state index contributed by atoms with van der Waals surface area (Å²) in [5.41, 5.74) is 6.66. The first-order chi connectivity index (χ1) is 10.7. The lowest BCUT2D eigenvalue weighted by atomic mass is 9.93. The van der Waals surface area contributed by atoms with Gasteiger partial charge in [-0.05, 0) is 17.9 Å². The molecule has 23 heavy (non-hydrogen) atoms. The zero-order chi connectivity index (χ0) is 15.1. The van der Waals surface area contributed by atoms with Crippen LogP contribution in [0, 0.1) is 23.6 Å². The SMILES string of the molecule is Cl.O=C(C1CNNC1c1ccccc1F)N1C[C@H]2CNC[C@H]2C1. The molecule has 3 N–H and O–H groups in total. The molecule has 0 radical (unpaired) electrons. The summed E-state index contributed by atoms with van der Waals surface area (Å²) >= 11 is 0. The highest BCUT2D eigenvalue weighted by molar-refractivity contribution is 5.85. The second-order valence-corrected chi connectivity index (χ2v) is 6.55. The first kappa shape index (κ1) is 16.6. The quantitative estimate of drug-likeness (QED) is 0.741. The number of rotatable bonds is 2. The van der Waals surface area contributed by atoms with Crippen LogP contribution < -0.4 is 16.2 Å². The number of amides is 1. The van der Waals surface area contributed by atoms with Crippen LogP contribution in [0.15, 0.2) is 24.3 Å². The summed E-state index contributed by atoms with van der Waals surface area (Å²) in [6.45, 7) is 4.22. The average Bonchev–Trinajstić information content (AvgIpc) is 3.22. The molecule has 1 aromatic rings. The highest BCUT2D eigenvalue weighted by atomic mass is 35.5. The molecule has 3 fully saturated rings. The van der Waals surface area contributed by atoms with Crippen LogP contribution in [0.25, 0.3) is 0 Å². The number of benzene rings is 1. The Hall–Kier alpha value is -1.21. The van der Waals surface area contributed by atoms with Crippen molar-refractivity contribution >= 4 is 18.3 Å². The van der Waals surface area contributed by atoms with Gasteiger partial charge in [0.05, 0.1) is 12.0 Å². The van der Waals surface area contributed by atoms with Crippen molar-refractivity contribution in [1.82, 2.24) is 21.1 Å². The van der Waals surface area contributed by atoms with Crippen LogP contribution in [-0.2, 0) is 4.79 Å². The molecule has 3 saturated heterocycles. The van der Waals surface area contributed by atoms with Crippen LogP contribution in [0.5, 0.6) is 0 Å². The van der Waals surface area contributed by atoms with E-state index in [9.17, 15) is 9.18 Å². The number of carbonyl (C=O) groups excluding carboxylic acids is 1. The van der Waals surface area contributed by atoms with E-state index in [2.05, 4.69) is 16.2 Å². The minimum atomic E-state index is -0.299. The highest BCUT2D eigenvalue weighted by Gasteiger charge is 2.43. The van der Waals surface area contributed by atoms with Crippen molar-refractivity contribution in [1.29, 1.82) is 0 Å². The van der Waals surface area contributed by atoms with E-state index in [1.807, 2.05) is 11.0 Å². The largest absolute Gasteiger partial charge is 0.342 e. The summed E-state index contributed by atoms with van der Waals surface area (Å²) in [6.07, 6.45) is 0. The maximum atomic E-state index is 14.0. The van der Waals surface area contributed by atoms with E-state index in [0.29, 0.717) is 23.9 Å². The predicted molar refractivity (Wildman–Crippen MR) is 87.4 cm³/mol. The van der Waals surface area contributed by atoms with Crippen molar-refractivity contribution < 1.29 is 9.18 Å². The molecule has 1 amide bonds. The van der Waals surface area contributed by atoms with E-state index in [1.165, 1.54) is 6.07 Å². The van der Waals surface area contributed by atoms with Crippen molar-refractivity contribution in [2.75, 3.05) is 32.7 Å². The molecule has 3 aliphatic rings. The van der Waals surface area contributed by atoms with Gasteiger partial charge >= 0.3 is 0 Å². The lowest BCUT2D eigenvalue weighted by molar-refractivity contribution is -0.134. The first-order valence-electron chi connectivity index (χ1n) is 7.96. The normalized spacial score (nSPS) is 32.7. The van der Waals surface area contributed by atoms with Gasteiger partial charge in [-0.25, -0.2) is 9.82 Å². The monoisotopic (exact) mass is 340 g/mol. The van der Waals surface area contributed by atoms with Crippen LogP contribution in [0.2, 0.25) is 0 Å². The van der Waals surface area contributed by atoms with E-state index >= 15 is 0 Å². The Morgan fingerprint density at radius 3 is 2.52 bits per heavy atom. The zero-order valence-corrected chi connectivity index (χ0v) is 13.6. The third kappa shape index (κ3) is 2.96. The number of nitrogens with zero attached hydrogens (tertiary/aromatic N) is 1. The number of likely N-dealkylation sites (tertiary alicyclic amines) is 1. The number of nitrogens with one attached hydrogen (secondary N) is 3. The lowest BCUT2D eigenvalue weighted by Crippen LogP contribution is -2.39. The van der Waals surface area contributed by atoms with Gasteiger partial charge in [0.15, 0.2) is 0 Å². The Morgan fingerprint density at radius 1 is 1.13 bits per heavy atom. The third-order valence-electron chi connectivity index (χ3n) is 5.24. The molecule has 0 saturated carbocycles. The average molecular weight is 341 g/mol. The molecule has 0 spiro atoms. The van der Waals surface area contributed by atoms with Gasteiger partial charge in [-0.2, -0.15) is 0 Å². The van der Waals surface area contributed by atoms with Crippen molar-refractivity contribution in [2.24, 2.45) is 17.8 Å². The summed E-state index contributed by atoms with van der Waals surface area (Å²) < 4.78 is 14.0. The van der Waals surface area contributed by atoms with Gasteiger partial charge < -0.3 is 10.2 Å². The van der Waals surface area contributed by atoms with Crippen molar-refractivity contribution in [2.45, 2.75) is 6.04 Å². The van der Waals surface area contributed by atoms with Gasteiger partial charge in [-0.3, -0.25) is 10.2 Å². The van der Waals surface area contributed by atoms with Crippen LogP contribution in [0.4, 0.5) is 4.39 Å². The molecular formula is C16H22ClFN4O. The predicted octanol–water partition coefficient (Wildman–Crippen LogP) is 0.690. The summed E-state index contributed by atoms with van der Waals surface area (Å²) in [5.74, 6) is 0.796. The Bertz CT molecular complexity index is 575. The van der Waals surface area contributed by atoms with Gasteiger partial charge in [0.1, 0.15) is 5.82 Å². The molecule has 2 unspecified atom stereocenters. The molecule has 3 heterocycles. The maximum Gasteiger partial charge on any atom is 0.229 e. The summed E-state index contributed by atoms with van der Waals surface area (Å²) in [6, 6.07) is 6.39.